The second-order valence-corrected chi connectivity index (χ2v) is 7.64. The SMILES string of the molecule is CCN(CC(C)C(=O)OC)S(=O)(=O)c1ccc(C(=O)NCC(F)(F)F)cc1. The molecule has 152 valence electrons. The van der Waals surface area contributed by atoms with E-state index in [1.807, 2.05) is 0 Å². The molecule has 11 heteroatoms. The summed E-state index contributed by atoms with van der Waals surface area (Å²) >= 11 is 0. The van der Waals surface area contributed by atoms with Gasteiger partial charge >= 0.3 is 12.1 Å². The molecule has 0 fully saturated rings. The van der Waals surface area contributed by atoms with Gasteiger partial charge in [-0.1, -0.05) is 13.8 Å². The Labute approximate surface area is 155 Å². The molecular weight excluding hydrogens is 389 g/mol. The fraction of sp³-hybridized carbons (Fsp3) is 0.500. The molecule has 0 aromatic heterocycles. The minimum Gasteiger partial charge on any atom is -0.469 e. The lowest BCUT2D eigenvalue weighted by Gasteiger charge is -2.23. The maximum absolute atomic E-state index is 12.7. The first kappa shape index (κ1) is 22.9. The largest absolute Gasteiger partial charge is 0.469 e. The van der Waals surface area contributed by atoms with Gasteiger partial charge in [-0.25, -0.2) is 8.42 Å². The van der Waals surface area contributed by atoms with Crippen molar-refractivity contribution < 1.29 is 35.9 Å². The molecule has 0 saturated heterocycles. The summed E-state index contributed by atoms with van der Waals surface area (Å²) in [6.07, 6.45) is -4.54. The zero-order valence-electron chi connectivity index (χ0n) is 15.0. The molecule has 1 rings (SSSR count). The Kier molecular flexibility index (Phi) is 7.78. The number of halogens is 3. The molecule has 0 aliphatic carbocycles. The number of carbonyl (C=O) groups excluding carboxylic acids is 2. The number of alkyl halides is 3. The highest BCUT2D eigenvalue weighted by Gasteiger charge is 2.29. The molecule has 1 unspecified atom stereocenters. The maximum Gasteiger partial charge on any atom is 0.405 e. The van der Waals surface area contributed by atoms with E-state index in [4.69, 9.17) is 0 Å². The number of methoxy groups -OCH3 is 1. The van der Waals surface area contributed by atoms with Gasteiger partial charge in [0.1, 0.15) is 6.54 Å². The predicted octanol–water partition coefficient (Wildman–Crippen LogP) is 1.80. The van der Waals surface area contributed by atoms with E-state index in [-0.39, 0.29) is 23.5 Å². The summed E-state index contributed by atoms with van der Waals surface area (Å²) in [7, 11) is -2.75. The number of amides is 1. The van der Waals surface area contributed by atoms with E-state index in [1.165, 1.54) is 14.0 Å². The zero-order chi connectivity index (χ0) is 20.8. The minimum atomic E-state index is -4.54. The number of benzene rings is 1. The van der Waals surface area contributed by atoms with Crippen molar-refractivity contribution in [1.29, 1.82) is 0 Å². The van der Waals surface area contributed by atoms with Gasteiger partial charge in [0.25, 0.3) is 5.91 Å². The van der Waals surface area contributed by atoms with E-state index in [2.05, 4.69) is 4.74 Å². The molecule has 1 N–H and O–H groups in total. The van der Waals surface area contributed by atoms with Crippen LogP contribution in [-0.2, 0) is 19.6 Å². The monoisotopic (exact) mass is 410 g/mol. The first-order valence-corrected chi connectivity index (χ1v) is 9.39. The van der Waals surface area contributed by atoms with Crippen LogP contribution in [0.3, 0.4) is 0 Å². The third-order valence-corrected chi connectivity index (χ3v) is 5.59. The lowest BCUT2D eigenvalue weighted by atomic mass is 10.2. The molecule has 1 aromatic carbocycles. The van der Waals surface area contributed by atoms with Crippen LogP contribution in [0.2, 0.25) is 0 Å². The van der Waals surface area contributed by atoms with Gasteiger partial charge in [-0.2, -0.15) is 17.5 Å². The number of nitrogens with one attached hydrogen (secondary N) is 1. The number of esters is 1. The van der Waals surface area contributed by atoms with Crippen molar-refractivity contribution in [2.24, 2.45) is 5.92 Å². The van der Waals surface area contributed by atoms with Gasteiger partial charge in [0.2, 0.25) is 10.0 Å². The number of hydrogen-bond donors (Lipinski definition) is 1. The number of carbonyl (C=O) groups is 2. The standard InChI is InChI=1S/C16H21F3N2O5S/c1-4-21(9-11(2)15(23)26-3)27(24,25)13-7-5-12(6-8-13)14(22)20-10-16(17,18)19/h5-8,11H,4,9-10H2,1-3H3,(H,20,22). The molecule has 0 aliphatic rings. The first-order chi connectivity index (χ1) is 12.4. The number of sulfonamides is 1. The Hall–Kier alpha value is -2.14. The Morgan fingerprint density at radius 3 is 2.22 bits per heavy atom. The molecule has 7 nitrogen and oxygen atoms in total. The smallest absolute Gasteiger partial charge is 0.405 e. The second kappa shape index (κ2) is 9.18. The van der Waals surface area contributed by atoms with Gasteiger partial charge in [0.15, 0.2) is 0 Å². The minimum absolute atomic E-state index is 0.0947. The molecular formula is C16H21F3N2O5S. The predicted molar refractivity (Wildman–Crippen MR) is 90.4 cm³/mol. The van der Waals surface area contributed by atoms with Crippen LogP contribution in [0.5, 0.6) is 0 Å². The number of rotatable bonds is 8. The summed E-state index contributed by atoms with van der Waals surface area (Å²) in [6, 6.07) is 4.50. The molecule has 0 radical (unpaired) electrons. The van der Waals surface area contributed by atoms with Crippen LogP contribution in [0.4, 0.5) is 13.2 Å². The highest BCUT2D eigenvalue weighted by Crippen LogP contribution is 2.19. The van der Waals surface area contributed by atoms with Crippen LogP contribution in [0, 0.1) is 5.92 Å². The summed E-state index contributed by atoms with van der Waals surface area (Å²) in [5, 5.41) is 1.70. The molecule has 1 amide bonds. The van der Waals surface area contributed by atoms with Gasteiger partial charge in [-0.05, 0) is 24.3 Å². The van der Waals surface area contributed by atoms with Crippen LogP contribution in [0.1, 0.15) is 24.2 Å². The number of hydrogen-bond acceptors (Lipinski definition) is 5. The van der Waals surface area contributed by atoms with Gasteiger partial charge in [0, 0.05) is 18.7 Å². The number of ether oxygens (including phenoxy) is 1. The average molecular weight is 410 g/mol. The lowest BCUT2D eigenvalue weighted by molar-refractivity contribution is -0.145. The average Bonchev–Trinajstić information content (AvgIpc) is 2.62. The Morgan fingerprint density at radius 1 is 1.22 bits per heavy atom. The summed E-state index contributed by atoms with van der Waals surface area (Å²) < 4.78 is 67.4. The first-order valence-electron chi connectivity index (χ1n) is 7.95. The van der Waals surface area contributed by atoms with E-state index in [9.17, 15) is 31.2 Å². The van der Waals surface area contributed by atoms with E-state index < -0.39 is 40.5 Å². The van der Waals surface area contributed by atoms with E-state index >= 15 is 0 Å². The van der Waals surface area contributed by atoms with Gasteiger partial charge < -0.3 is 10.1 Å². The third kappa shape index (κ3) is 6.51. The topological polar surface area (TPSA) is 92.8 Å². The molecule has 0 aliphatic heterocycles. The van der Waals surface area contributed by atoms with Crippen LogP contribution >= 0.6 is 0 Å². The van der Waals surface area contributed by atoms with Crippen molar-refractivity contribution in [3.63, 3.8) is 0 Å². The quantitative estimate of drug-likeness (QED) is 0.660. The van der Waals surface area contributed by atoms with Crippen LogP contribution in [0.15, 0.2) is 29.2 Å². The fourth-order valence-electron chi connectivity index (χ4n) is 2.19. The van der Waals surface area contributed by atoms with Gasteiger partial charge in [-0.3, -0.25) is 9.59 Å². The third-order valence-electron chi connectivity index (χ3n) is 3.64. The Bertz CT molecular complexity index is 763. The van der Waals surface area contributed by atoms with Gasteiger partial charge in [-0.15, -0.1) is 0 Å². The van der Waals surface area contributed by atoms with Crippen molar-refractivity contribution in [3.8, 4) is 0 Å². The lowest BCUT2D eigenvalue weighted by Crippen LogP contribution is -2.37. The Balaban J connectivity index is 2.94. The highest BCUT2D eigenvalue weighted by atomic mass is 32.2. The second-order valence-electron chi connectivity index (χ2n) is 5.70. The van der Waals surface area contributed by atoms with E-state index in [0.29, 0.717) is 0 Å². The van der Waals surface area contributed by atoms with E-state index in [1.54, 1.807) is 12.2 Å². The summed E-state index contributed by atoms with van der Waals surface area (Å²) in [5.41, 5.74) is -0.107. The molecule has 1 aromatic rings. The highest BCUT2D eigenvalue weighted by molar-refractivity contribution is 7.89. The summed E-state index contributed by atoms with van der Waals surface area (Å²) in [6.45, 7) is 1.64. The fourth-order valence-corrected chi connectivity index (χ4v) is 3.73. The molecule has 0 saturated carbocycles. The van der Waals surface area contributed by atoms with Crippen LogP contribution < -0.4 is 5.32 Å². The zero-order valence-corrected chi connectivity index (χ0v) is 15.9. The molecule has 0 bridgehead atoms. The van der Waals surface area contributed by atoms with Crippen LogP contribution in [0.25, 0.3) is 0 Å². The Morgan fingerprint density at radius 2 is 1.78 bits per heavy atom. The normalized spacial score (nSPS) is 13.3. The van der Waals surface area contributed by atoms with Crippen molar-refractivity contribution in [2.75, 3.05) is 26.7 Å². The summed E-state index contributed by atoms with van der Waals surface area (Å²) in [5.74, 6) is -2.21. The maximum atomic E-state index is 12.7. The van der Waals surface area contributed by atoms with Crippen LogP contribution in [-0.4, -0.2) is 57.5 Å². The summed E-state index contributed by atoms with van der Waals surface area (Å²) in [4.78, 5) is 23.0. The van der Waals surface area contributed by atoms with Crippen molar-refractivity contribution in [2.45, 2.75) is 24.9 Å². The van der Waals surface area contributed by atoms with Crippen molar-refractivity contribution in [1.82, 2.24) is 9.62 Å². The van der Waals surface area contributed by atoms with Crippen molar-refractivity contribution >= 4 is 21.9 Å². The van der Waals surface area contributed by atoms with Crippen molar-refractivity contribution in [3.05, 3.63) is 29.8 Å². The number of nitrogens with zero attached hydrogens (tertiary/aromatic N) is 1. The molecule has 27 heavy (non-hydrogen) atoms. The molecule has 0 heterocycles. The van der Waals surface area contributed by atoms with Gasteiger partial charge in [0.05, 0.1) is 17.9 Å². The molecule has 0 spiro atoms. The molecule has 1 atom stereocenters. The van der Waals surface area contributed by atoms with E-state index in [0.717, 1.165) is 28.6 Å².